The van der Waals surface area contributed by atoms with E-state index in [4.69, 9.17) is 16.3 Å². The van der Waals surface area contributed by atoms with Crippen molar-refractivity contribution < 1.29 is 9.84 Å². The summed E-state index contributed by atoms with van der Waals surface area (Å²) in [6.45, 7) is 5.01. The van der Waals surface area contributed by atoms with Gasteiger partial charge >= 0.3 is 0 Å². The maximum absolute atomic E-state index is 10.00. The molecule has 1 aromatic rings. The number of aromatic hydroxyl groups is 1. The molecule has 4 heteroatoms. The van der Waals surface area contributed by atoms with E-state index in [0.29, 0.717) is 16.7 Å². The molecular weight excluding hydrogens is 262 g/mol. The molecule has 1 aliphatic heterocycles. The van der Waals surface area contributed by atoms with Crippen LogP contribution >= 0.6 is 11.6 Å². The van der Waals surface area contributed by atoms with E-state index in [9.17, 15) is 5.11 Å². The van der Waals surface area contributed by atoms with Crippen LogP contribution in [0.25, 0.3) is 0 Å². The third-order valence-electron chi connectivity index (χ3n) is 3.94. The third-order valence-corrected chi connectivity index (χ3v) is 4.18. The standard InChI is InChI=1S/C15H22ClNO2/c1-11(14-8-13(16)5-6-15(14)18)17-7-3-4-12(9-17)10-19-2/h5-6,8,11-12,18H,3-4,7,9-10H2,1-2H3. The predicted octanol–water partition coefficient (Wildman–Crippen LogP) is 3.47. The highest BCUT2D eigenvalue weighted by atomic mass is 35.5. The van der Waals surface area contributed by atoms with Gasteiger partial charge in [-0.1, -0.05) is 11.6 Å². The molecule has 3 nitrogen and oxygen atoms in total. The summed E-state index contributed by atoms with van der Waals surface area (Å²) < 4.78 is 5.26. The number of ether oxygens (including phenoxy) is 1. The zero-order chi connectivity index (χ0) is 13.8. The minimum Gasteiger partial charge on any atom is -0.508 e. The lowest BCUT2D eigenvalue weighted by molar-refractivity contribution is 0.0716. The lowest BCUT2D eigenvalue weighted by atomic mass is 9.95. The second-order valence-electron chi connectivity index (χ2n) is 5.34. The van der Waals surface area contributed by atoms with Crippen LogP contribution in [-0.2, 0) is 4.74 Å². The zero-order valence-electron chi connectivity index (χ0n) is 11.6. The first-order valence-electron chi connectivity index (χ1n) is 6.83. The molecule has 0 radical (unpaired) electrons. The van der Waals surface area contributed by atoms with Gasteiger partial charge in [0.25, 0.3) is 0 Å². The van der Waals surface area contributed by atoms with Crippen LogP contribution in [0.2, 0.25) is 5.02 Å². The molecule has 2 unspecified atom stereocenters. The lowest BCUT2D eigenvalue weighted by Gasteiger charge is -2.37. The highest BCUT2D eigenvalue weighted by Gasteiger charge is 2.25. The van der Waals surface area contributed by atoms with E-state index in [0.717, 1.165) is 25.3 Å². The smallest absolute Gasteiger partial charge is 0.120 e. The molecule has 1 aliphatic rings. The van der Waals surface area contributed by atoms with E-state index in [1.54, 1.807) is 19.2 Å². The second-order valence-corrected chi connectivity index (χ2v) is 5.77. The van der Waals surface area contributed by atoms with Gasteiger partial charge in [-0.05, 0) is 50.4 Å². The molecule has 0 amide bonds. The number of hydrogen-bond donors (Lipinski definition) is 1. The fourth-order valence-corrected chi connectivity index (χ4v) is 3.06. The molecule has 0 bridgehead atoms. The third kappa shape index (κ3) is 3.62. The van der Waals surface area contributed by atoms with Gasteiger partial charge in [-0.15, -0.1) is 0 Å². The van der Waals surface area contributed by atoms with Gasteiger partial charge in [-0.3, -0.25) is 4.90 Å². The summed E-state index contributed by atoms with van der Waals surface area (Å²) in [7, 11) is 1.76. The topological polar surface area (TPSA) is 32.7 Å². The monoisotopic (exact) mass is 283 g/mol. The van der Waals surface area contributed by atoms with Crippen molar-refractivity contribution in [3.8, 4) is 5.75 Å². The zero-order valence-corrected chi connectivity index (χ0v) is 12.4. The van der Waals surface area contributed by atoms with Crippen molar-refractivity contribution in [2.24, 2.45) is 5.92 Å². The van der Waals surface area contributed by atoms with Crippen molar-refractivity contribution in [3.63, 3.8) is 0 Å². The van der Waals surface area contributed by atoms with Crippen LogP contribution in [0.3, 0.4) is 0 Å². The first kappa shape index (κ1) is 14.6. The summed E-state index contributed by atoms with van der Waals surface area (Å²) >= 11 is 6.03. The Bertz CT molecular complexity index is 423. The Hall–Kier alpha value is -0.770. The highest BCUT2D eigenvalue weighted by Crippen LogP contribution is 2.33. The van der Waals surface area contributed by atoms with Gasteiger partial charge in [-0.2, -0.15) is 0 Å². The molecule has 0 spiro atoms. The van der Waals surface area contributed by atoms with E-state index in [2.05, 4.69) is 11.8 Å². The van der Waals surface area contributed by atoms with Gasteiger partial charge in [0, 0.05) is 30.3 Å². The molecular formula is C15H22ClNO2. The molecule has 0 aliphatic carbocycles. The lowest BCUT2D eigenvalue weighted by Crippen LogP contribution is -2.38. The van der Waals surface area contributed by atoms with Gasteiger partial charge in [0.1, 0.15) is 5.75 Å². The number of likely N-dealkylation sites (tertiary alicyclic amines) is 1. The Morgan fingerprint density at radius 3 is 3.05 bits per heavy atom. The SMILES string of the molecule is COCC1CCCN(C(C)c2cc(Cl)ccc2O)C1. The van der Waals surface area contributed by atoms with Crippen molar-refractivity contribution in [1.82, 2.24) is 4.90 Å². The summed E-state index contributed by atoms with van der Waals surface area (Å²) in [5.74, 6) is 0.910. The van der Waals surface area contributed by atoms with Gasteiger partial charge in [0.05, 0.1) is 6.61 Å². The fraction of sp³-hybridized carbons (Fsp3) is 0.600. The van der Waals surface area contributed by atoms with E-state index in [1.165, 1.54) is 12.8 Å². The Morgan fingerprint density at radius 2 is 2.32 bits per heavy atom. The molecule has 2 atom stereocenters. The summed E-state index contributed by atoms with van der Waals surface area (Å²) in [5, 5.41) is 10.7. The molecule has 1 saturated heterocycles. The molecule has 106 valence electrons. The average molecular weight is 284 g/mol. The van der Waals surface area contributed by atoms with Crippen LogP contribution in [-0.4, -0.2) is 36.8 Å². The van der Waals surface area contributed by atoms with Crippen LogP contribution in [0.15, 0.2) is 18.2 Å². The summed E-state index contributed by atoms with van der Waals surface area (Å²) in [6, 6.07) is 5.43. The van der Waals surface area contributed by atoms with Crippen molar-refractivity contribution in [1.29, 1.82) is 0 Å². The molecule has 1 aromatic carbocycles. The molecule has 1 heterocycles. The minimum absolute atomic E-state index is 0.179. The highest BCUT2D eigenvalue weighted by molar-refractivity contribution is 6.30. The number of benzene rings is 1. The van der Waals surface area contributed by atoms with Crippen molar-refractivity contribution in [2.75, 3.05) is 26.8 Å². The normalized spacial score (nSPS) is 22.4. The van der Waals surface area contributed by atoms with E-state index >= 15 is 0 Å². The number of phenols is 1. The van der Waals surface area contributed by atoms with Crippen molar-refractivity contribution in [3.05, 3.63) is 28.8 Å². The Labute approximate surface area is 120 Å². The van der Waals surface area contributed by atoms with Crippen LogP contribution in [0.5, 0.6) is 5.75 Å². The molecule has 1 N–H and O–H groups in total. The quantitative estimate of drug-likeness (QED) is 0.918. The number of nitrogens with zero attached hydrogens (tertiary/aromatic N) is 1. The van der Waals surface area contributed by atoms with Crippen LogP contribution in [0.4, 0.5) is 0 Å². The predicted molar refractivity (Wildman–Crippen MR) is 77.7 cm³/mol. The van der Waals surface area contributed by atoms with Gasteiger partial charge < -0.3 is 9.84 Å². The number of hydrogen-bond acceptors (Lipinski definition) is 3. The van der Waals surface area contributed by atoms with Crippen molar-refractivity contribution >= 4 is 11.6 Å². The van der Waals surface area contributed by atoms with Crippen LogP contribution < -0.4 is 0 Å². The van der Waals surface area contributed by atoms with E-state index < -0.39 is 0 Å². The van der Waals surface area contributed by atoms with Gasteiger partial charge in [-0.25, -0.2) is 0 Å². The van der Waals surface area contributed by atoms with Gasteiger partial charge in [0.2, 0.25) is 0 Å². The van der Waals surface area contributed by atoms with Crippen molar-refractivity contribution in [2.45, 2.75) is 25.8 Å². The molecule has 1 fully saturated rings. The van der Waals surface area contributed by atoms with Crippen LogP contribution in [0, 0.1) is 5.92 Å². The minimum atomic E-state index is 0.179. The Kier molecular flexibility index (Phi) is 5.08. The summed E-state index contributed by atoms with van der Waals surface area (Å²) in [6.07, 6.45) is 2.40. The summed E-state index contributed by atoms with van der Waals surface area (Å²) in [4.78, 5) is 2.40. The molecule has 0 aromatic heterocycles. The maximum atomic E-state index is 10.00. The first-order valence-corrected chi connectivity index (χ1v) is 7.21. The molecule has 0 saturated carbocycles. The maximum Gasteiger partial charge on any atom is 0.120 e. The fourth-order valence-electron chi connectivity index (χ4n) is 2.88. The number of rotatable bonds is 4. The number of piperidine rings is 1. The first-order chi connectivity index (χ1) is 9.11. The average Bonchev–Trinajstić information content (AvgIpc) is 2.41. The van der Waals surface area contributed by atoms with Crippen LogP contribution in [0.1, 0.15) is 31.4 Å². The van der Waals surface area contributed by atoms with E-state index in [-0.39, 0.29) is 6.04 Å². The Morgan fingerprint density at radius 1 is 1.53 bits per heavy atom. The number of halogens is 1. The van der Waals surface area contributed by atoms with E-state index in [1.807, 2.05) is 6.07 Å². The second kappa shape index (κ2) is 6.60. The largest absolute Gasteiger partial charge is 0.508 e. The molecule has 19 heavy (non-hydrogen) atoms. The summed E-state index contributed by atoms with van der Waals surface area (Å²) in [5.41, 5.74) is 0.908. The number of phenolic OH excluding ortho intramolecular Hbond substituents is 1. The van der Waals surface area contributed by atoms with Gasteiger partial charge in [0.15, 0.2) is 0 Å². The Balaban J connectivity index is 2.10. The molecule has 2 rings (SSSR count). The number of methoxy groups -OCH3 is 1.